The van der Waals surface area contributed by atoms with Crippen LogP contribution < -0.4 is 11.3 Å². The zero-order valence-corrected chi connectivity index (χ0v) is 11.0. The van der Waals surface area contributed by atoms with Gasteiger partial charge in [-0.25, -0.2) is 0 Å². The number of hydrogen-bond acceptors (Lipinski definition) is 3. The molecule has 0 saturated carbocycles. The Balaban J connectivity index is 3.99. The van der Waals surface area contributed by atoms with Gasteiger partial charge in [0, 0.05) is 13.2 Å². The molecule has 0 radical (unpaired) electrons. The molecule has 0 aromatic rings. The van der Waals surface area contributed by atoms with Crippen molar-refractivity contribution in [2.75, 3.05) is 7.11 Å². The van der Waals surface area contributed by atoms with E-state index in [1.54, 1.807) is 7.11 Å². The smallest absolute Gasteiger partial charge is 0.0623 e. The first-order valence-electron chi connectivity index (χ1n) is 5.98. The fourth-order valence-electron chi connectivity index (χ4n) is 1.79. The maximum Gasteiger partial charge on any atom is 0.0623 e. The highest BCUT2D eigenvalue weighted by molar-refractivity contribution is 4.76. The molecular weight excluding hydrogens is 188 g/mol. The van der Waals surface area contributed by atoms with Crippen molar-refractivity contribution in [1.82, 2.24) is 5.43 Å². The topological polar surface area (TPSA) is 47.3 Å². The summed E-state index contributed by atoms with van der Waals surface area (Å²) in [5, 5.41) is 0. The lowest BCUT2D eigenvalue weighted by atomic mass is 9.90. The predicted octanol–water partition coefficient (Wildman–Crippen LogP) is 2.46. The average Bonchev–Trinajstić information content (AvgIpc) is 2.19. The number of hydrogen-bond donors (Lipinski definition) is 2. The second-order valence-corrected chi connectivity index (χ2v) is 5.04. The number of nitrogens with one attached hydrogen (secondary N) is 1. The summed E-state index contributed by atoms with van der Waals surface area (Å²) < 4.78 is 5.40. The van der Waals surface area contributed by atoms with E-state index in [-0.39, 0.29) is 5.60 Å². The Labute approximate surface area is 94.7 Å². The van der Waals surface area contributed by atoms with Gasteiger partial charge in [-0.3, -0.25) is 11.3 Å². The first-order chi connectivity index (χ1) is 6.96. The van der Waals surface area contributed by atoms with E-state index in [0.29, 0.717) is 12.0 Å². The van der Waals surface area contributed by atoms with Crippen molar-refractivity contribution >= 4 is 0 Å². The number of rotatable bonds is 8. The van der Waals surface area contributed by atoms with Crippen LogP contribution in [-0.2, 0) is 4.74 Å². The van der Waals surface area contributed by atoms with E-state index in [0.717, 1.165) is 12.8 Å². The van der Waals surface area contributed by atoms with Gasteiger partial charge in [-0.05, 0) is 39.0 Å². The summed E-state index contributed by atoms with van der Waals surface area (Å²) in [6.07, 6.45) is 4.54. The third-order valence-corrected chi connectivity index (χ3v) is 3.25. The van der Waals surface area contributed by atoms with Crippen molar-refractivity contribution in [3.8, 4) is 0 Å². The zero-order valence-electron chi connectivity index (χ0n) is 11.0. The van der Waals surface area contributed by atoms with Gasteiger partial charge in [0.05, 0.1) is 5.60 Å². The molecular formula is C12H28N2O. The van der Waals surface area contributed by atoms with Crippen LogP contribution in [0.15, 0.2) is 0 Å². The molecule has 0 aromatic heterocycles. The van der Waals surface area contributed by atoms with Crippen molar-refractivity contribution in [3.05, 3.63) is 0 Å². The normalized spacial score (nSPS) is 16.4. The van der Waals surface area contributed by atoms with E-state index < -0.39 is 0 Å². The number of methoxy groups -OCH3 is 1. The van der Waals surface area contributed by atoms with Gasteiger partial charge < -0.3 is 4.74 Å². The van der Waals surface area contributed by atoms with Crippen LogP contribution in [0.5, 0.6) is 0 Å². The van der Waals surface area contributed by atoms with Crippen molar-refractivity contribution in [2.24, 2.45) is 11.8 Å². The van der Waals surface area contributed by atoms with Gasteiger partial charge in [-0.2, -0.15) is 0 Å². The number of ether oxygens (including phenoxy) is 1. The lowest BCUT2D eigenvalue weighted by Gasteiger charge is -2.28. The first kappa shape index (κ1) is 14.9. The molecule has 15 heavy (non-hydrogen) atoms. The van der Waals surface area contributed by atoms with E-state index in [1.165, 1.54) is 12.8 Å². The minimum absolute atomic E-state index is 0.0406. The third-order valence-electron chi connectivity index (χ3n) is 3.25. The van der Waals surface area contributed by atoms with Crippen LogP contribution >= 0.6 is 0 Å². The summed E-state index contributed by atoms with van der Waals surface area (Å²) in [5.41, 5.74) is 2.89. The van der Waals surface area contributed by atoms with Crippen LogP contribution in [-0.4, -0.2) is 18.8 Å². The van der Waals surface area contributed by atoms with Crippen LogP contribution in [0.1, 0.15) is 53.4 Å². The molecule has 0 bridgehead atoms. The number of nitrogens with two attached hydrogens (primary N) is 1. The predicted molar refractivity (Wildman–Crippen MR) is 65.5 cm³/mol. The highest BCUT2D eigenvalue weighted by Gasteiger charge is 2.21. The maximum absolute atomic E-state index is 5.58. The highest BCUT2D eigenvalue weighted by Crippen LogP contribution is 2.21. The summed E-state index contributed by atoms with van der Waals surface area (Å²) in [6.45, 7) is 8.70. The minimum atomic E-state index is -0.0406. The van der Waals surface area contributed by atoms with E-state index in [1.807, 2.05) is 0 Å². The molecule has 2 unspecified atom stereocenters. The molecule has 0 amide bonds. The first-order valence-corrected chi connectivity index (χ1v) is 5.98. The molecule has 0 aliphatic heterocycles. The summed E-state index contributed by atoms with van der Waals surface area (Å²) in [4.78, 5) is 0. The molecule has 0 saturated heterocycles. The van der Waals surface area contributed by atoms with Crippen LogP contribution in [0.4, 0.5) is 0 Å². The van der Waals surface area contributed by atoms with Crippen molar-refractivity contribution in [1.29, 1.82) is 0 Å². The van der Waals surface area contributed by atoms with Gasteiger partial charge in [-0.1, -0.05) is 20.3 Å². The standard InChI is InChI=1S/C12H28N2O/c1-6-7-10(2)11(14-13)8-9-12(3,4)15-5/h10-11,14H,6-9,13H2,1-5H3. The van der Waals surface area contributed by atoms with E-state index in [9.17, 15) is 0 Å². The average molecular weight is 216 g/mol. The monoisotopic (exact) mass is 216 g/mol. The maximum atomic E-state index is 5.58. The van der Waals surface area contributed by atoms with Crippen molar-refractivity contribution in [2.45, 2.75) is 65.0 Å². The third kappa shape index (κ3) is 6.13. The molecule has 0 aliphatic rings. The zero-order chi connectivity index (χ0) is 11.9. The van der Waals surface area contributed by atoms with Gasteiger partial charge in [-0.15, -0.1) is 0 Å². The molecule has 0 rings (SSSR count). The van der Waals surface area contributed by atoms with Crippen LogP contribution in [0.25, 0.3) is 0 Å². The summed E-state index contributed by atoms with van der Waals surface area (Å²) >= 11 is 0. The summed E-state index contributed by atoms with van der Waals surface area (Å²) in [5.74, 6) is 6.22. The van der Waals surface area contributed by atoms with E-state index in [4.69, 9.17) is 10.6 Å². The molecule has 92 valence electrons. The Morgan fingerprint density at radius 2 is 1.93 bits per heavy atom. The van der Waals surface area contributed by atoms with Gasteiger partial charge in [0.25, 0.3) is 0 Å². The Morgan fingerprint density at radius 1 is 1.33 bits per heavy atom. The lowest BCUT2D eigenvalue weighted by Crippen LogP contribution is -2.41. The van der Waals surface area contributed by atoms with Gasteiger partial charge in [0.1, 0.15) is 0 Å². The second kappa shape index (κ2) is 7.20. The van der Waals surface area contributed by atoms with Crippen molar-refractivity contribution < 1.29 is 4.74 Å². The fraction of sp³-hybridized carbons (Fsp3) is 1.00. The Kier molecular flexibility index (Phi) is 7.14. The Bertz CT molecular complexity index is 160. The molecule has 3 nitrogen and oxygen atoms in total. The van der Waals surface area contributed by atoms with Gasteiger partial charge in [0.2, 0.25) is 0 Å². The SMILES string of the molecule is CCCC(C)C(CCC(C)(C)OC)NN. The van der Waals surface area contributed by atoms with Crippen LogP contribution in [0, 0.1) is 5.92 Å². The molecule has 2 atom stereocenters. The Hall–Kier alpha value is -0.120. The quantitative estimate of drug-likeness (QED) is 0.484. The van der Waals surface area contributed by atoms with Crippen LogP contribution in [0.3, 0.4) is 0 Å². The largest absolute Gasteiger partial charge is 0.379 e. The fourth-order valence-corrected chi connectivity index (χ4v) is 1.79. The molecule has 3 N–H and O–H groups in total. The Morgan fingerprint density at radius 3 is 2.33 bits per heavy atom. The number of hydrazine groups is 1. The van der Waals surface area contributed by atoms with Gasteiger partial charge in [0.15, 0.2) is 0 Å². The van der Waals surface area contributed by atoms with Crippen molar-refractivity contribution in [3.63, 3.8) is 0 Å². The molecule has 0 aliphatic carbocycles. The summed E-state index contributed by atoms with van der Waals surface area (Å²) in [7, 11) is 1.76. The van der Waals surface area contributed by atoms with Gasteiger partial charge >= 0.3 is 0 Å². The van der Waals surface area contributed by atoms with E-state index in [2.05, 4.69) is 33.1 Å². The molecule has 0 spiro atoms. The highest BCUT2D eigenvalue weighted by atomic mass is 16.5. The molecule has 3 heteroatoms. The lowest BCUT2D eigenvalue weighted by molar-refractivity contribution is 0.0103. The van der Waals surface area contributed by atoms with E-state index >= 15 is 0 Å². The molecule has 0 aromatic carbocycles. The minimum Gasteiger partial charge on any atom is -0.379 e. The summed E-state index contributed by atoms with van der Waals surface area (Å²) in [6, 6.07) is 0.402. The molecule has 0 heterocycles. The molecule has 0 fully saturated rings. The van der Waals surface area contributed by atoms with Crippen LogP contribution in [0.2, 0.25) is 0 Å². The second-order valence-electron chi connectivity index (χ2n) is 5.04.